The van der Waals surface area contributed by atoms with Crippen LogP contribution in [0.3, 0.4) is 0 Å². The molecule has 0 amide bonds. The summed E-state index contributed by atoms with van der Waals surface area (Å²) in [5.41, 5.74) is -0.374. The van der Waals surface area contributed by atoms with E-state index in [0.29, 0.717) is 0 Å². The van der Waals surface area contributed by atoms with E-state index in [-0.39, 0.29) is 30.0 Å². The predicted molar refractivity (Wildman–Crippen MR) is 66.5 cm³/mol. The Morgan fingerprint density at radius 1 is 1.11 bits per heavy atom. The summed E-state index contributed by atoms with van der Waals surface area (Å²) in [6, 6.07) is 0. The van der Waals surface area contributed by atoms with Gasteiger partial charge in [0.15, 0.2) is 0 Å². The molecule has 4 unspecified atom stereocenters. The number of epoxide rings is 3. The molecule has 3 heterocycles. The number of ether oxygens (including phenoxy) is 4. The summed E-state index contributed by atoms with van der Waals surface area (Å²) in [6.45, 7) is 9.90. The van der Waals surface area contributed by atoms with Crippen molar-refractivity contribution in [2.24, 2.45) is 0 Å². The van der Waals surface area contributed by atoms with Gasteiger partial charge in [0.1, 0.15) is 23.9 Å². The summed E-state index contributed by atoms with van der Waals surface area (Å²) in [4.78, 5) is 0. The lowest BCUT2D eigenvalue weighted by molar-refractivity contribution is -0.125. The molecule has 18 heavy (non-hydrogen) atoms. The molecule has 3 fully saturated rings. The molecule has 3 aliphatic rings. The molecule has 0 bridgehead atoms. The first kappa shape index (κ1) is 12.4. The van der Waals surface area contributed by atoms with Crippen LogP contribution in [0.2, 0.25) is 0 Å². The Hall–Kier alpha value is -0.680. The largest absolute Gasteiger partial charge is 0.370 e. The maximum atomic E-state index is 6.37. The average Bonchev–Trinajstić information content (AvgIpc) is 3.22. The molecule has 3 aliphatic heterocycles. The van der Waals surface area contributed by atoms with Crippen LogP contribution in [0.25, 0.3) is 0 Å². The van der Waals surface area contributed by atoms with E-state index in [1.165, 1.54) is 0 Å². The fourth-order valence-corrected chi connectivity index (χ4v) is 2.55. The zero-order valence-corrected chi connectivity index (χ0v) is 10.5. The van der Waals surface area contributed by atoms with Crippen molar-refractivity contribution in [2.45, 2.75) is 42.9 Å². The average molecular weight is 252 g/mol. The molecule has 0 N–H and O–H groups in total. The highest BCUT2D eigenvalue weighted by Crippen LogP contribution is 2.43. The first-order chi connectivity index (χ1) is 8.80. The molecule has 4 heteroatoms. The van der Waals surface area contributed by atoms with Gasteiger partial charge in [-0.05, 0) is 12.8 Å². The highest BCUT2D eigenvalue weighted by molar-refractivity contribution is 5.10. The minimum Gasteiger partial charge on any atom is -0.370 e. The Balaban J connectivity index is 1.74. The summed E-state index contributed by atoms with van der Waals surface area (Å²) < 4.78 is 22.7. The molecular formula is C14H20O4. The van der Waals surface area contributed by atoms with Crippen LogP contribution in [0.4, 0.5) is 0 Å². The van der Waals surface area contributed by atoms with E-state index in [9.17, 15) is 0 Å². The van der Waals surface area contributed by atoms with E-state index in [2.05, 4.69) is 13.2 Å². The number of hydrogen-bond donors (Lipinski definition) is 0. The highest BCUT2D eigenvalue weighted by atomic mass is 16.7. The van der Waals surface area contributed by atoms with Gasteiger partial charge >= 0.3 is 0 Å². The van der Waals surface area contributed by atoms with Gasteiger partial charge in [-0.1, -0.05) is 12.2 Å². The first-order valence-corrected chi connectivity index (χ1v) is 6.54. The zero-order valence-electron chi connectivity index (χ0n) is 10.5. The maximum Gasteiger partial charge on any atom is 0.129 e. The van der Waals surface area contributed by atoms with Crippen LogP contribution in [-0.4, -0.2) is 49.8 Å². The smallest absolute Gasteiger partial charge is 0.129 e. The topological polar surface area (TPSA) is 46.8 Å². The Kier molecular flexibility index (Phi) is 3.28. The third-order valence-electron chi connectivity index (χ3n) is 3.76. The van der Waals surface area contributed by atoms with Gasteiger partial charge in [-0.3, -0.25) is 0 Å². The second-order valence-corrected chi connectivity index (χ2v) is 5.14. The van der Waals surface area contributed by atoms with Crippen molar-refractivity contribution < 1.29 is 18.9 Å². The second-order valence-electron chi connectivity index (χ2n) is 5.14. The molecule has 3 saturated heterocycles. The summed E-state index contributed by atoms with van der Waals surface area (Å²) in [5, 5.41) is 0. The maximum absolute atomic E-state index is 6.37. The molecular weight excluding hydrogens is 232 g/mol. The predicted octanol–water partition coefficient (Wildman–Crippen LogP) is 1.46. The quantitative estimate of drug-likeness (QED) is 0.460. The van der Waals surface area contributed by atoms with Crippen molar-refractivity contribution in [3.05, 3.63) is 25.3 Å². The lowest BCUT2D eigenvalue weighted by Gasteiger charge is -2.33. The van der Waals surface area contributed by atoms with Crippen LogP contribution in [0.15, 0.2) is 25.3 Å². The van der Waals surface area contributed by atoms with E-state index >= 15 is 0 Å². The van der Waals surface area contributed by atoms with Gasteiger partial charge in [-0.25, -0.2) is 0 Å². The van der Waals surface area contributed by atoms with Gasteiger partial charge < -0.3 is 18.9 Å². The van der Waals surface area contributed by atoms with Crippen LogP contribution in [0.5, 0.6) is 0 Å². The monoisotopic (exact) mass is 252 g/mol. The molecule has 4 atom stereocenters. The van der Waals surface area contributed by atoms with Crippen LogP contribution >= 0.6 is 0 Å². The number of rotatable bonds is 9. The second kappa shape index (κ2) is 4.78. The molecule has 0 aliphatic carbocycles. The third kappa shape index (κ3) is 2.38. The lowest BCUT2D eigenvalue weighted by Crippen LogP contribution is -2.48. The first-order valence-electron chi connectivity index (χ1n) is 6.54. The molecule has 0 radical (unpaired) electrons. The SMILES string of the molecule is C=CCC(OC(CC=C)(C1CO1)C1CO1)C1CO1. The van der Waals surface area contributed by atoms with Gasteiger partial charge in [0.05, 0.1) is 25.9 Å². The van der Waals surface area contributed by atoms with Crippen LogP contribution in [-0.2, 0) is 18.9 Å². The Morgan fingerprint density at radius 2 is 1.72 bits per heavy atom. The van der Waals surface area contributed by atoms with Gasteiger partial charge in [-0.15, -0.1) is 13.2 Å². The van der Waals surface area contributed by atoms with Gasteiger partial charge in [-0.2, -0.15) is 0 Å². The van der Waals surface area contributed by atoms with Gasteiger partial charge in [0.2, 0.25) is 0 Å². The van der Waals surface area contributed by atoms with Crippen molar-refractivity contribution >= 4 is 0 Å². The Bertz CT molecular complexity index is 317. The van der Waals surface area contributed by atoms with Crippen molar-refractivity contribution in [1.29, 1.82) is 0 Å². The summed E-state index contributed by atoms with van der Waals surface area (Å²) in [6.07, 6.45) is 5.84. The minimum absolute atomic E-state index is 0.0517. The number of hydrogen-bond acceptors (Lipinski definition) is 4. The van der Waals surface area contributed by atoms with Crippen LogP contribution in [0, 0.1) is 0 Å². The summed E-state index contributed by atoms with van der Waals surface area (Å²) >= 11 is 0. The normalized spacial score (nSPS) is 37.4. The Labute approximate surface area is 108 Å². The highest BCUT2D eigenvalue weighted by Gasteiger charge is 2.59. The van der Waals surface area contributed by atoms with E-state index in [1.54, 1.807) is 0 Å². The molecule has 0 aromatic heterocycles. The van der Waals surface area contributed by atoms with E-state index in [4.69, 9.17) is 18.9 Å². The fraction of sp³-hybridized carbons (Fsp3) is 0.714. The molecule has 0 spiro atoms. The third-order valence-corrected chi connectivity index (χ3v) is 3.76. The van der Waals surface area contributed by atoms with E-state index < -0.39 is 0 Å². The van der Waals surface area contributed by atoms with Crippen molar-refractivity contribution in [3.8, 4) is 0 Å². The van der Waals surface area contributed by atoms with Crippen molar-refractivity contribution in [2.75, 3.05) is 19.8 Å². The zero-order chi connectivity index (χ0) is 12.6. The molecule has 4 nitrogen and oxygen atoms in total. The van der Waals surface area contributed by atoms with Crippen LogP contribution < -0.4 is 0 Å². The summed E-state index contributed by atoms with van der Waals surface area (Å²) in [7, 11) is 0. The minimum atomic E-state index is -0.374. The van der Waals surface area contributed by atoms with Crippen molar-refractivity contribution in [1.82, 2.24) is 0 Å². The van der Waals surface area contributed by atoms with Gasteiger partial charge in [0.25, 0.3) is 0 Å². The molecule has 100 valence electrons. The van der Waals surface area contributed by atoms with E-state index in [0.717, 1.165) is 32.7 Å². The van der Waals surface area contributed by atoms with E-state index in [1.807, 2.05) is 12.2 Å². The lowest BCUT2D eigenvalue weighted by atomic mass is 9.91. The summed E-state index contributed by atoms with van der Waals surface area (Å²) in [5.74, 6) is 0. The van der Waals surface area contributed by atoms with Crippen LogP contribution in [0.1, 0.15) is 12.8 Å². The van der Waals surface area contributed by atoms with Gasteiger partial charge in [0, 0.05) is 0 Å². The fourth-order valence-electron chi connectivity index (χ4n) is 2.55. The Morgan fingerprint density at radius 3 is 2.11 bits per heavy atom. The molecule has 3 rings (SSSR count). The van der Waals surface area contributed by atoms with Crippen molar-refractivity contribution in [3.63, 3.8) is 0 Å². The molecule has 0 saturated carbocycles. The standard InChI is InChI=1S/C14H20O4/c1-3-5-10(11-7-15-11)18-14(6-4-2,12-8-16-12)13-9-17-13/h3-4,10-13H,1-2,5-9H2. The molecule has 0 aromatic carbocycles. The molecule has 0 aromatic rings.